The first-order valence-corrected chi connectivity index (χ1v) is 6.94. The average molecular weight is 292 g/mol. The molecule has 0 atom stereocenters. The fraction of sp³-hybridized carbons (Fsp3) is 0.0588. The van der Waals surface area contributed by atoms with Gasteiger partial charge in [-0.3, -0.25) is 0 Å². The molecule has 0 saturated heterocycles. The van der Waals surface area contributed by atoms with Crippen LogP contribution in [0.3, 0.4) is 0 Å². The molecule has 0 fully saturated rings. The van der Waals surface area contributed by atoms with Crippen LogP contribution in [0.4, 0.5) is 11.5 Å². The van der Waals surface area contributed by atoms with Gasteiger partial charge in [0.25, 0.3) is 0 Å². The standard InChI is InChI=1S/C17H16N4O/c18-15-16(19-11-13-7-3-1-4-8-13)20-12-21-17(15)22-14-9-5-2-6-10-14/h1-10,12H,11,18H2,(H,19,20,21). The zero-order chi connectivity index (χ0) is 15.2. The Balaban J connectivity index is 1.74. The summed E-state index contributed by atoms with van der Waals surface area (Å²) in [6.07, 6.45) is 1.43. The number of nitrogens with two attached hydrogens (primary N) is 1. The third kappa shape index (κ3) is 3.32. The molecule has 0 aliphatic rings. The number of anilines is 2. The van der Waals surface area contributed by atoms with Crippen molar-refractivity contribution in [1.29, 1.82) is 0 Å². The molecule has 1 heterocycles. The van der Waals surface area contributed by atoms with Gasteiger partial charge in [0.05, 0.1) is 0 Å². The molecule has 5 nitrogen and oxygen atoms in total. The van der Waals surface area contributed by atoms with Gasteiger partial charge >= 0.3 is 0 Å². The molecule has 3 aromatic rings. The molecule has 0 aliphatic heterocycles. The molecule has 0 spiro atoms. The third-order valence-electron chi connectivity index (χ3n) is 3.11. The van der Waals surface area contributed by atoms with Crippen molar-refractivity contribution < 1.29 is 4.74 Å². The maximum atomic E-state index is 6.08. The minimum atomic E-state index is 0.344. The Morgan fingerprint density at radius 3 is 2.32 bits per heavy atom. The quantitative estimate of drug-likeness (QED) is 0.753. The van der Waals surface area contributed by atoms with Gasteiger partial charge in [-0.05, 0) is 17.7 Å². The maximum absolute atomic E-state index is 6.08. The van der Waals surface area contributed by atoms with Crippen molar-refractivity contribution in [2.75, 3.05) is 11.1 Å². The Kier molecular flexibility index (Phi) is 4.15. The van der Waals surface area contributed by atoms with Gasteiger partial charge < -0.3 is 15.8 Å². The minimum absolute atomic E-state index is 0.344. The van der Waals surface area contributed by atoms with Crippen molar-refractivity contribution >= 4 is 11.5 Å². The number of hydrogen-bond donors (Lipinski definition) is 2. The zero-order valence-corrected chi connectivity index (χ0v) is 11.9. The lowest BCUT2D eigenvalue weighted by atomic mass is 10.2. The van der Waals surface area contributed by atoms with Crippen LogP contribution in [0.2, 0.25) is 0 Å². The lowest BCUT2D eigenvalue weighted by Gasteiger charge is -2.11. The van der Waals surface area contributed by atoms with Gasteiger partial charge in [0.15, 0.2) is 5.82 Å². The monoisotopic (exact) mass is 292 g/mol. The molecule has 22 heavy (non-hydrogen) atoms. The van der Waals surface area contributed by atoms with Crippen molar-refractivity contribution in [2.24, 2.45) is 0 Å². The van der Waals surface area contributed by atoms with E-state index in [1.54, 1.807) is 0 Å². The molecule has 0 aliphatic carbocycles. The Morgan fingerprint density at radius 1 is 0.909 bits per heavy atom. The van der Waals surface area contributed by atoms with E-state index < -0.39 is 0 Å². The molecule has 0 amide bonds. The summed E-state index contributed by atoms with van der Waals surface area (Å²) < 4.78 is 5.69. The summed E-state index contributed by atoms with van der Waals surface area (Å²) in [4.78, 5) is 8.26. The highest BCUT2D eigenvalue weighted by Gasteiger charge is 2.10. The third-order valence-corrected chi connectivity index (χ3v) is 3.11. The smallest absolute Gasteiger partial charge is 0.248 e. The van der Waals surface area contributed by atoms with Gasteiger partial charge in [0.1, 0.15) is 17.8 Å². The molecule has 1 aromatic heterocycles. The van der Waals surface area contributed by atoms with Gasteiger partial charge in [0, 0.05) is 6.54 Å². The summed E-state index contributed by atoms with van der Waals surface area (Å²) in [7, 11) is 0. The summed E-state index contributed by atoms with van der Waals surface area (Å²) in [6, 6.07) is 19.4. The highest BCUT2D eigenvalue weighted by molar-refractivity contribution is 5.67. The van der Waals surface area contributed by atoms with Gasteiger partial charge in [-0.1, -0.05) is 48.5 Å². The van der Waals surface area contributed by atoms with Crippen molar-refractivity contribution in [3.63, 3.8) is 0 Å². The molecule has 3 rings (SSSR count). The Morgan fingerprint density at radius 2 is 1.59 bits per heavy atom. The van der Waals surface area contributed by atoms with Crippen LogP contribution in [-0.2, 0) is 6.54 Å². The molecule has 2 aromatic carbocycles. The number of aromatic nitrogens is 2. The molecule has 5 heteroatoms. The Bertz CT molecular complexity index is 732. The molecule has 0 saturated carbocycles. The van der Waals surface area contributed by atoms with E-state index in [1.165, 1.54) is 6.33 Å². The summed E-state index contributed by atoms with van der Waals surface area (Å²) >= 11 is 0. The topological polar surface area (TPSA) is 73.1 Å². The van der Waals surface area contributed by atoms with Gasteiger partial charge in [-0.25, -0.2) is 4.98 Å². The second kappa shape index (κ2) is 6.58. The van der Waals surface area contributed by atoms with E-state index in [0.29, 0.717) is 29.7 Å². The molecule has 110 valence electrons. The van der Waals surface area contributed by atoms with Crippen molar-refractivity contribution in [2.45, 2.75) is 6.54 Å². The molecular formula is C17H16N4O. The molecule has 3 N–H and O–H groups in total. The lowest BCUT2D eigenvalue weighted by molar-refractivity contribution is 0.464. The fourth-order valence-corrected chi connectivity index (χ4v) is 1.98. The van der Waals surface area contributed by atoms with Crippen LogP contribution in [0.5, 0.6) is 11.6 Å². The van der Waals surface area contributed by atoms with E-state index in [0.717, 1.165) is 5.56 Å². The van der Waals surface area contributed by atoms with Crippen LogP contribution >= 0.6 is 0 Å². The van der Waals surface area contributed by atoms with E-state index >= 15 is 0 Å². The number of nitrogens with zero attached hydrogens (tertiary/aromatic N) is 2. The summed E-state index contributed by atoms with van der Waals surface area (Å²) in [5, 5.41) is 3.20. The average Bonchev–Trinajstić information content (AvgIpc) is 2.58. The predicted molar refractivity (Wildman–Crippen MR) is 86.7 cm³/mol. The van der Waals surface area contributed by atoms with E-state index in [9.17, 15) is 0 Å². The highest BCUT2D eigenvalue weighted by atomic mass is 16.5. The Labute approximate surface area is 128 Å². The highest BCUT2D eigenvalue weighted by Crippen LogP contribution is 2.29. The van der Waals surface area contributed by atoms with Gasteiger partial charge in [0.2, 0.25) is 5.88 Å². The number of nitrogens with one attached hydrogen (secondary N) is 1. The number of nitrogen functional groups attached to an aromatic ring is 1. The Hall–Kier alpha value is -3.08. The first-order chi connectivity index (χ1) is 10.8. The fourth-order valence-electron chi connectivity index (χ4n) is 1.98. The first kappa shape index (κ1) is 13.9. The van der Waals surface area contributed by atoms with E-state index in [2.05, 4.69) is 15.3 Å². The maximum Gasteiger partial charge on any atom is 0.248 e. The first-order valence-electron chi connectivity index (χ1n) is 6.94. The second-order valence-electron chi connectivity index (χ2n) is 4.70. The van der Waals surface area contributed by atoms with Crippen molar-refractivity contribution in [3.8, 4) is 11.6 Å². The number of ether oxygens (including phenoxy) is 1. The van der Waals surface area contributed by atoms with Crippen LogP contribution in [-0.4, -0.2) is 9.97 Å². The lowest BCUT2D eigenvalue weighted by Crippen LogP contribution is -2.06. The van der Waals surface area contributed by atoms with Crippen LogP contribution < -0.4 is 15.8 Å². The number of benzene rings is 2. The zero-order valence-electron chi connectivity index (χ0n) is 11.9. The largest absolute Gasteiger partial charge is 0.437 e. The normalized spacial score (nSPS) is 10.2. The second-order valence-corrected chi connectivity index (χ2v) is 4.70. The van der Waals surface area contributed by atoms with Crippen LogP contribution in [0.1, 0.15) is 5.56 Å². The van der Waals surface area contributed by atoms with Gasteiger partial charge in [-0.2, -0.15) is 4.98 Å². The number of rotatable bonds is 5. The number of para-hydroxylation sites is 1. The molecule has 0 radical (unpaired) electrons. The van der Waals surface area contributed by atoms with Crippen molar-refractivity contribution in [1.82, 2.24) is 9.97 Å². The van der Waals surface area contributed by atoms with Gasteiger partial charge in [-0.15, -0.1) is 0 Å². The van der Waals surface area contributed by atoms with Crippen LogP contribution in [0.15, 0.2) is 67.0 Å². The summed E-state index contributed by atoms with van der Waals surface area (Å²) in [6.45, 7) is 0.632. The minimum Gasteiger partial charge on any atom is -0.437 e. The number of hydrogen-bond acceptors (Lipinski definition) is 5. The van der Waals surface area contributed by atoms with Crippen molar-refractivity contribution in [3.05, 3.63) is 72.6 Å². The van der Waals surface area contributed by atoms with Crippen LogP contribution in [0.25, 0.3) is 0 Å². The summed E-state index contributed by atoms with van der Waals surface area (Å²) in [5.74, 6) is 1.59. The SMILES string of the molecule is Nc1c(NCc2ccccc2)ncnc1Oc1ccccc1. The molecular weight excluding hydrogens is 276 g/mol. The summed E-state index contributed by atoms with van der Waals surface area (Å²) in [5.41, 5.74) is 7.62. The van der Waals surface area contributed by atoms with E-state index in [1.807, 2.05) is 60.7 Å². The van der Waals surface area contributed by atoms with Crippen LogP contribution in [0, 0.1) is 0 Å². The van der Waals surface area contributed by atoms with E-state index in [-0.39, 0.29) is 0 Å². The van der Waals surface area contributed by atoms with E-state index in [4.69, 9.17) is 10.5 Å². The predicted octanol–water partition coefficient (Wildman–Crippen LogP) is 3.46. The molecule has 0 bridgehead atoms. The molecule has 0 unspecified atom stereocenters.